The highest BCUT2D eigenvalue weighted by Crippen LogP contribution is 2.33. The van der Waals surface area contributed by atoms with Crippen LogP contribution in [0.25, 0.3) is 0 Å². The third-order valence-electron chi connectivity index (χ3n) is 1.94. The largest absolute Gasteiger partial charge is 0.416 e. The number of nitrogens with one attached hydrogen (secondary N) is 1. The van der Waals surface area contributed by atoms with Crippen molar-refractivity contribution in [3.05, 3.63) is 28.8 Å². The van der Waals surface area contributed by atoms with Crippen LogP contribution < -0.4 is 11.1 Å². The van der Waals surface area contributed by atoms with Crippen molar-refractivity contribution < 1.29 is 13.2 Å². The summed E-state index contributed by atoms with van der Waals surface area (Å²) in [6.45, 7) is 1.01. The summed E-state index contributed by atoms with van der Waals surface area (Å²) in [5, 5.41) is 2.89. The zero-order chi connectivity index (χ0) is 12.2. The van der Waals surface area contributed by atoms with Gasteiger partial charge in [0.2, 0.25) is 0 Å². The van der Waals surface area contributed by atoms with Crippen LogP contribution in [0.3, 0.4) is 0 Å². The molecule has 0 aliphatic heterocycles. The van der Waals surface area contributed by atoms with Gasteiger partial charge in [0, 0.05) is 17.3 Å². The molecule has 16 heavy (non-hydrogen) atoms. The molecule has 1 rings (SSSR count). The number of rotatable bonds is 4. The Labute approximate surface area is 96.6 Å². The molecule has 0 saturated carbocycles. The minimum absolute atomic E-state index is 0.0603. The fourth-order valence-corrected chi connectivity index (χ4v) is 1.43. The van der Waals surface area contributed by atoms with Crippen LogP contribution >= 0.6 is 11.6 Å². The van der Waals surface area contributed by atoms with Crippen molar-refractivity contribution in [2.24, 2.45) is 5.73 Å². The maximum absolute atomic E-state index is 12.4. The average Bonchev–Trinajstić information content (AvgIpc) is 2.16. The molecular formula is C10H12ClF3N2. The smallest absolute Gasteiger partial charge is 0.385 e. The number of halogens is 4. The van der Waals surface area contributed by atoms with Crippen LogP contribution in [0.5, 0.6) is 0 Å². The summed E-state index contributed by atoms with van der Waals surface area (Å²) in [5.74, 6) is 0. The van der Waals surface area contributed by atoms with E-state index in [9.17, 15) is 13.2 Å². The van der Waals surface area contributed by atoms with Gasteiger partial charge in [0.25, 0.3) is 0 Å². The summed E-state index contributed by atoms with van der Waals surface area (Å²) in [7, 11) is 0. The SMILES string of the molecule is NCCCNc1cc(Cl)cc(C(F)(F)F)c1. The number of alkyl halides is 3. The second-order valence-corrected chi connectivity index (χ2v) is 3.73. The Kier molecular flexibility index (Phi) is 4.44. The highest BCUT2D eigenvalue weighted by atomic mass is 35.5. The van der Waals surface area contributed by atoms with Crippen molar-refractivity contribution in [2.75, 3.05) is 18.4 Å². The van der Waals surface area contributed by atoms with Gasteiger partial charge in [0.15, 0.2) is 0 Å². The maximum atomic E-state index is 12.4. The lowest BCUT2D eigenvalue weighted by atomic mass is 10.2. The summed E-state index contributed by atoms with van der Waals surface area (Å²) in [6, 6.07) is 3.38. The van der Waals surface area contributed by atoms with Crippen LogP contribution in [0.4, 0.5) is 18.9 Å². The van der Waals surface area contributed by atoms with Crippen LogP contribution in [0, 0.1) is 0 Å². The minimum atomic E-state index is -4.38. The van der Waals surface area contributed by atoms with Crippen LogP contribution in [0.2, 0.25) is 5.02 Å². The van der Waals surface area contributed by atoms with Crippen molar-refractivity contribution in [1.29, 1.82) is 0 Å². The summed E-state index contributed by atoms with van der Waals surface area (Å²) in [5.41, 5.74) is 4.88. The molecule has 0 saturated heterocycles. The summed E-state index contributed by atoms with van der Waals surface area (Å²) in [4.78, 5) is 0. The van der Waals surface area contributed by atoms with E-state index in [0.29, 0.717) is 25.2 Å². The first kappa shape index (κ1) is 13.1. The number of anilines is 1. The number of nitrogens with two attached hydrogens (primary N) is 1. The molecular weight excluding hydrogens is 241 g/mol. The van der Waals surface area contributed by atoms with Gasteiger partial charge in [0.05, 0.1) is 5.56 Å². The van der Waals surface area contributed by atoms with Crippen LogP contribution in [-0.2, 0) is 6.18 Å². The van der Waals surface area contributed by atoms with E-state index in [2.05, 4.69) is 5.32 Å². The van der Waals surface area contributed by atoms with Crippen molar-refractivity contribution in [3.63, 3.8) is 0 Å². The number of hydrogen-bond donors (Lipinski definition) is 2. The highest BCUT2D eigenvalue weighted by Gasteiger charge is 2.31. The van der Waals surface area contributed by atoms with Crippen LogP contribution in [0.15, 0.2) is 18.2 Å². The Morgan fingerprint density at radius 3 is 2.50 bits per heavy atom. The van der Waals surface area contributed by atoms with Gasteiger partial charge in [-0.3, -0.25) is 0 Å². The van der Waals surface area contributed by atoms with E-state index in [1.165, 1.54) is 6.07 Å². The third kappa shape index (κ3) is 3.90. The van der Waals surface area contributed by atoms with E-state index in [4.69, 9.17) is 17.3 Å². The molecule has 0 bridgehead atoms. The monoisotopic (exact) mass is 252 g/mol. The number of hydrogen-bond acceptors (Lipinski definition) is 2. The first-order valence-corrected chi connectivity index (χ1v) is 5.13. The van der Waals surface area contributed by atoms with Gasteiger partial charge in [-0.25, -0.2) is 0 Å². The van der Waals surface area contributed by atoms with E-state index in [1.807, 2.05) is 0 Å². The van der Waals surface area contributed by atoms with Gasteiger partial charge in [-0.1, -0.05) is 11.6 Å². The fourth-order valence-electron chi connectivity index (χ4n) is 1.19. The lowest BCUT2D eigenvalue weighted by molar-refractivity contribution is -0.137. The van der Waals surface area contributed by atoms with E-state index < -0.39 is 11.7 Å². The average molecular weight is 253 g/mol. The molecule has 1 aromatic carbocycles. The quantitative estimate of drug-likeness (QED) is 0.808. The van der Waals surface area contributed by atoms with Gasteiger partial charge < -0.3 is 11.1 Å². The van der Waals surface area contributed by atoms with Crippen molar-refractivity contribution >= 4 is 17.3 Å². The Hall–Kier alpha value is -0.940. The van der Waals surface area contributed by atoms with Crippen LogP contribution in [-0.4, -0.2) is 13.1 Å². The van der Waals surface area contributed by atoms with Gasteiger partial charge in [-0.15, -0.1) is 0 Å². The molecule has 0 heterocycles. The maximum Gasteiger partial charge on any atom is 0.416 e. The van der Waals surface area contributed by atoms with Gasteiger partial charge in [0.1, 0.15) is 0 Å². The molecule has 0 unspecified atom stereocenters. The molecule has 0 fully saturated rings. The molecule has 90 valence electrons. The summed E-state index contributed by atoms with van der Waals surface area (Å²) >= 11 is 5.60. The molecule has 0 aliphatic rings. The minimum Gasteiger partial charge on any atom is -0.385 e. The normalized spacial score (nSPS) is 11.6. The Morgan fingerprint density at radius 2 is 1.94 bits per heavy atom. The van der Waals surface area contributed by atoms with Gasteiger partial charge in [-0.2, -0.15) is 13.2 Å². The van der Waals surface area contributed by atoms with E-state index in [-0.39, 0.29) is 5.02 Å². The predicted octanol–water partition coefficient (Wildman–Crippen LogP) is 3.12. The standard InChI is InChI=1S/C10H12ClF3N2/c11-8-4-7(10(12,13)14)5-9(6-8)16-3-1-2-15/h4-6,16H,1-3,15H2. The van der Waals surface area contributed by atoms with Gasteiger partial charge >= 0.3 is 6.18 Å². The highest BCUT2D eigenvalue weighted by molar-refractivity contribution is 6.30. The molecule has 0 amide bonds. The fraction of sp³-hybridized carbons (Fsp3) is 0.400. The first-order valence-electron chi connectivity index (χ1n) is 4.75. The molecule has 0 aliphatic carbocycles. The Bertz CT molecular complexity index is 352. The topological polar surface area (TPSA) is 38.0 Å². The first-order chi connectivity index (χ1) is 7.43. The summed E-state index contributed by atoms with van der Waals surface area (Å²) < 4.78 is 37.3. The molecule has 0 aromatic heterocycles. The molecule has 2 nitrogen and oxygen atoms in total. The zero-order valence-electron chi connectivity index (χ0n) is 8.44. The van der Waals surface area contributed by atoms with Crippen LogP contribution in [0.1, 0.15) is 12.0 Å². The predicted molar refractivity (Wildman–Crippen MR) is 58.6 cm³/mol. The summed E-state index contributed by atoms with van der Waals surface area (Å²) in [6.07, 6.45) is -3.69. The second kappa shape index (κ2) is 5.41. The molecule has 6 heteroatoms. The number of benzene rings is 1. The lowest BCUT2D eigenvalue weighted by Gasteiger charge is -2.11. The van der Waals surface area contributed by atoms with E-state index in [0.717, 1.165) is 12.1 Å². The van der Waals surface area contributed by atoms with E-state index in [1.54, 1.807) is 0 Å². The molecule has 3 N–H and O–H groups in total. The van der Waals surface area contributed by atoms with Crippen molar-refractivity contribution in [2.45, 2.75) is 12.6 Å². The van der Waals surface area contributed by atoms with Gasteiger partial charge in [-0.05, 0) is 31.2 Å². The Balaban J connectivity index is 2.82. The third-order valence-corrected chi connectivity index (χ3v) is 2.15. The lowest BCUT2D eigenvalue weighted by Crippen LogP contribution is -2.10. The van der Waals surface area contributed by atoms with Crippen molar-refractivity contribution in [1.82, 2.24) is 0 Å². The van der Waals surface area contributed by atoms with Crippen molar-refractivity contribution in [3.8, 4) is 0 Å². The molecule has 0 spiro atoms. The molecule has 0 atom stereocenters. The van der Waals surface area contributed by atoms with E-state index >= 15 is 0 Å². The second-order valence-electron chi connectivity index (χ2n) is 3.30. The molecule has 0 radical (unpaired) electrons. The molecule has 1 aromatic rings. The Morgan fingerprint density at radius 1 is 1.25 bits per heavy atom. The zero-order valence-corrected chi connectivity index (χ0v) is 9.20.